The summed E-state index contributed by atoms with van der Waals surface area (Å²) >= 11 is 0. The van der Waals surface area contributed by atoms with Crippen LogP contribution in [-0.4, -0.2) is 19.2 Å². The largest absolute Gasteiger partial charge is 0.498 e. The van der Waals surface area contributed by atoms with Gasteiger partial charge in [0.05, 0.1) is 19.3 Å². The second-order valence-corrected chi connectivity index (χ2v) is 4.86. The Morgan fingerprint density at radius 1 is 1.35 bits per heavy atom. The standard InChI is InChI=1S/C14H20O3/c1-3-16-10(2)6-14(15)17-9-13-8-11-4-5-12(13)7-11/h4-6,11-13H,3,7-9H2,1-2H3/b10-6-. The van der Waals surface area contributed by atoms with Crippen LogP contribution in [0.2, 0.25) is 0 Å². The molecule has 17 heavy (non-hydrogen) atoms. The minimum atomic E-state index is -0.289. The molecule has 0 saturated heterocycles. The molecule has 2 rings (SSSR count). The fourth-order valence-corrected chi connectivity index (χ4v) is 2.75. The van der Waals surface area contributed by atoms with Crippen LogP contribution >= 0.6 is 0 Å². The van der Waals surface area contributed by atoms with E-state index in [1.165, 1.54) is 18.9 Å². The summed E-state index contributed by atoms with van der Waals surface area (Å²) in [4.78, 5) is 11.5. The molecule has 1 fully saturated rings. The Kier molecular flexibility index (Phi) is 3.87. The van der Waals surface area contributed by atoms with Crippen molar-refractivity contribution in [1.29, 1.82) is 0 Å². The SMILES string of the molecule is CCO/C(C)=C\C(=O)OCC1CC2C=CC1C2. The molecule has 2 aliphatic rings. The summed E-state index contributed by atoms with van der Waals surface area (Å²) in [5.74, 6) is 2.21. The van der Waals surface area contributed by atoms with Gasteiger partial charge in [0.15, 0.2) is 0 Å². The molecule has 0 aromatic heterocycles. The summed E-state index contributed by atoms with van der Waals surface area (Å²) < 4.78 is 10.4. The number of hydrogen-bond acceptors (Lipinski definition) is 3. The van der Waals surface area contributed by atoms with E-state index in [2.05, 4.69) is 12.2 Å². The molecule has 0 aliphatic heterocycles. The van der Waals surface area contributed by atoms with Gasteiger partial charge in [-0.2, -0.15) is 0 Å². The molecule has 2 bridgehead atoms. The highest BCUT2D eigenvalue weighted by Gasteiger charge is 2.36. The molecular weight excluding hydrogens is 216 g/mol. The van der Waals surface area contributed by atoms with E-state index in [9.17, 15) is 4.79 Å². The molecule has 94 valence electrons. The summed E-state index contributed by atoms with van der Waals surface area (Å²) in [6, 6.07) is 0. The van der Waals surface area contributed by atoms with Gasteiger partial charge in [-0.15, -0.1) is 0 Å². The highest BCUT2D eigenvalue weighted by molar-refractivity contribution is 5.82. The molecule has 2 aliphatic carbocycles. The van der Waals surface area contributed by atoms with Gasteiger partial charge in [0.2, 0.25) is 0 Å². The van der Waals surface area contributed by atoms with Crippen LogP contribution in [-0.2, 0) is 14.3 Å². The van der Waals surface area contributed by atoms with Crippen molar-refractivity contribution in [3.63, 3.8) is 0 Å². The first-order valence-electron chi connectivity index (χ1n) is 6.35. The maximum Gasteiger partial charge on any atom is 0.334 e. The molecular formula is C14H20O3. The van der Waals surface area contributed by atoms with E-state index in [-0.39, 0.29) is 5.97 Å². The first-order chi connectivity index (χ1) is 8.19. The second kappa shape index (κ2) is 5.39. The molecule has 0 heterocycles. The smallest absolute Gasteiger partial charge is 0.334 e. The van der Waals surface area contributed by atoms with Gasteiger partial charge in [-0.05, 0) is 44.4 Å². The lowest BCUT2D eigenvalue weighted by atomic mass is 9.95. The van der Waals surface area contributed by atoms with Gasteiger partial charge in [0.25, 0.3) is 0 Å². The van der Waals surface area contributed by atoms with Gasteiger partial charge in [0.1, 0.15) is 5.76 Å². The van der Waals surface area contributed by atoms with Gasteiger partial charge < -0.3 is 9.47 Å². The Morgan fingerprint density at radius 2 is 2.18 bits per heavy atom. The van der Waals surface area contributed by atoms with Crippen molar-refractivity contribution in [2.45, 2.75) is 26.7 Å². The third-order valence-electron chi connectivity index (χ3n) is 3.55. The number of fused-ring (bicyclic) bond motifs is 2. The van der Waals surface area contributed by atoms with E-state index in [0.717, 1.165) is 5.92 Å². The van der Waals surface area contributed by atoms with E-state index < -0.39 is 0 Å². The normalized spacial score (nSPS) is 30.7. The van der Waals surface area contributed by atoms with Crippen LogP contribution in [0.3, 0.4) is 0 Å². The van der Waals surface area contributed by atoms with Crippen LogP contribution in [0.4, 0.5) is 0 Å². The maximum atomic E-state index is 11.5. The number of esters is 1. The molecule has 0 aromatic rings. The van der Waals surface area contributed by atoms with Gasteiger partial charge in [-0.1, -0.05) is 12.2 Å². The Balaban J connectivity index is 1.73. The monoisotopic (exact) mass is 236 g/mol. The molecule has 3 heteroatoms. The minimum Gasteiger partial charge on any atom is -0.498 e. The Hall–Kier alpha value is -1.25. The first kappa shape index (κ1) is 12.2. The summed E-state index contributed by atoms with van der Waals surface area (Å²) in [6.07, 6.45) is 8.40. The van der Waals surface area contributed by atoms with E-state index in [0.29, 0.717) is 30.8 Å². The summed E-state index contributed by atoms with van der Waals surface area (Å²) in [5.41, 5.74) is 0. The van der Waals surface area contributed by atoms with Crippen LogP contribution in [0.25, 0.3) is 0 Å². The molecule has 0 radical (unpaired) electrons. The summed E-state index contributed by atoms with van der Waals surface area (Å²) in [6.45, 7) is 4.78. The number of rotatable bonds is 5. The van der Waals surface area contributed by atoms with Crippen LogP contribution in [0, 0.1) is 17.8 Å². The number of ether oxygens (including phenoxy) is 2. The summed E-state index contributed by atoms with van der Waals surface area (Å²) in [7, 11) is 0. The number of hydrogen-bond donors (Lipinski definition) is 0. The first-order valence-corrected chi connectivity index (χ1v) is 6.35. The average Bonchev–Trinajstić information content (AvgIpc) is 2.88. The molecule has 1 saturated carbocycles. The molecule has 0 amide bonds. The average molecular weight is 236 g/mol. The van der Waals surface area contributed by atoms with E-state index in [4.69, 9.17) is 9.47 Å². The Bertz CT molecular complexity index is 343. The van der Waals surface area contributed by atoms with E-state index >= 15 is 0 Å². The molecule has 3 unspecified atom stereocenters. The molecule has 3 nitrogen and oxygen atoms in total. The minimum absolute atomic E-state index is 0.289. The van der Waals surface area contributed by atoms with Crippen LogP contribution in [0.15, 0.2) is 24.0 Å². The maximum absolute atomic E-state index is 11.5. The number of carbonyl (C=O) groups excluding carboxylic acids is 1. The van der Waals surface area contributed by atoms with Crippen molar-refractivity contribution < 1.29 is 14.3 Å². The lowest BCUT2D eigenvalue weighted by Crippen LogP contribution is -2.17. The zero-order valence-electron chi connectivity index (χ0n) is 10.5. The van der Waals surface area contributed by atoms with Gasteiger partial charge >= 0.3 is 5.97 Å². The number of allylic oxidation sites excluding steroid dienone is 3. The highest BCUT2D eigenvalue weighted by atomic mass is 16.5. The molecule has 0 N–H and O–H groups in total. The van der Waals surface area contributed by atoms with Crippen molar-refractivity contribution in [2.75, 3.05) is 13.2 Å². The predicted octanol–water partition coefficient (Wildman–Crippen LogP) is 2.68. The third-order valence-corrected chi connectivity index (χ3v) is 3.55. The lowest BCUT2D eigenvalue weighted by Gasteiger charge is -2.17. The van der Waals surface area contributed by atoms with Gasteiger partial charge in [-0.25, -0.2) is 4.79 Å². The van der Waals surface area contributed by atoms with Gasteiger partial charge in [-0.3, -0.25) is 0 Å². The fourth-order valence-electron chi connectivity index (χ4n) is 2.75. The highest BCUT2D eigenvalue weighted by Crippen LogP contribution is 2.43. The zero-order chi connectivity index (χ0) is 12.3. The second-order valence-electron chi connectivity index (χ2n) is 4.86. The lowest BCUT2D eigenvalue weighted by molar-refractivity contribution is -0.139. The topological polar surface area (TPSA) is 35.5 Å². The molecule has 3 atom stereocenters. The van der Waals surface area contributed by atoms with Crippen molar-refractivity contribution >= 4 is 5.97 Å². The van der Waals surface area contributed by atoms with E-state index in [1.807, 2.05) is 6.92 Å². The van der Waals surface area contributed by atoms with Crippen molar-refractivity contribution in [1.82, 2.24) is 0 Å². The quantitative estimate of drug-likeness (QED) is 0.318. The predicted molar refractivity (Wildman–Crippen MR) is 65.2 cm³/mol. The van der Waals surface area contributed by atoms with Crippen molar-refractivity contribution in [3.8, 4) is 0 Å². The zero-order valence-corrected chi connectivity index (χ0v) is 10.5. The van der Waals surface area contributed by atoms with E-state index in [1.54, 1.807) is 6.92 Å². The fraction of sp³-hybridized carbons (Fsp3) is 0.643. The number of carbonyl (C=O) groups is 1. The Morgan fingerprint density at radius 3 is 2.76 bits per heavy atom. The van der Waals surface area contributed by atoms with Crippen LogP contribution in [0.1, 0.15) is 26.7 Å². The third kappa shape index (κ3) is 3.11. The Labute approximate surface area is 102 Å². The molecule has 0 aromatic carbocycles. The van der Waals surface area contributed by atoms with Crippen LogP contribution in [0.5, 0.6) is 0 Å². The van der Waals surface area contributed by atoms with Crippen molar-refractivity contribution in [2.24, 2.45) is 17.8 Å². The van der Waals surface area contributed by atoms with Gasteiger partial charge in [0, 0.05) is 0 Å². The van der Waals surface area contributed by atoms with Crippen LogP contribution < -0.4 is 0 Å². The molecule has 0 spiro atoms. The summed E-state index contributed by atoms with van der Waals surface area (Å²) in [5, 5.41) is 0. The van der Waals surface area contributed by atoms with Crippen molar-refractivity contribution in [3.05, 3.63) is 24.0 Å².